The van der Waals surface area contributed by atoms with Gasteiger partial charge in [-0.3, -0.25) is 0 Å². The number of hydrogen-bond acceptors (Lipinski definition) is 7. The number of rotatable bonds is 8. The Morgan fingerprint density at radius 3 is 2.59 bits per heavy atom. The van der Waals surface area contributed by atoms with Crippen LogP contribution in [0.25, 0.3) is 0 Å². The minimum Gasteiger partial charge on any atom is -0.491 e. The van der Waals surface area contributed by atoms with Gasteiger partial charge in [-0.25, -0.2) is 12.9 Å². The molecule has 4 heterocycles. The van der Waals surface area contributed by atoms with Crippen LogP contribution in [0.4, 0.5) is 5.82 Å². The molecular weight excluding hydrogens is 492 g/mol. The van der Waals surface area contributed by atoms with Gasteiger partial charge >= 0.3 is 0 Å². The fourth-order valence-electron chi connectivity index (χ4n) is 5.43. The van der Waals surface area contributed by atoms with Gasteiger partial charge in [0.25, 0.3) is 5.88 Å². The molecule has 9 nitrogen and oxygen atoms in total. The van der Waals surface area contributed by atoms with Gasteiger partial charge in [0, 0.05) is 50.5 Å². The normalized spacial score (nSPS) is 25.1. The molecule has 0 amide bonds. The van der Waals surface area contributed by atoms with Gasteiger partial charge in [-0.05, 0) is 24.3 Å². The molecule has 0 radical (unpaired) electrons. The van der Waals surface area contributed by atoms with Crippen molar-refractivity contribution in [3.63, 3.8) is 0 Å². The van der Waals surface area contributed by atoms with E-state index in [-0.39, 0.29) is 12.1 Å². The number of methoxy groups -OCH3 is 1. The molecule has 37 heavy (non-hydrogen) atoms. The number of nitrogens with two attached hydrogens (primary N) is 1. The molecule has 2 fully saturated rings. The van der Waals surface area contributed by atoms with Crippen molar-refractivity contribution in [3.8, 4) is 11.6 Å². The summed E-state index contributed by atoms with van der Waals surface area (Å²) in [6.45, 7) is 3.20. The zero-order chi connectivity index (χ0) is 25.9. The largest absolute Gasteiger partial charge is 0.491 e. The summed E-state index contributed by atoms with van der Waals surface area (Å²) in [5, 5.41) is 0. The van der Waals surface area contributed by atoms with Crippen molar-refractivity contribution in [3.05, 3.63) is 66.4 Å². The highest BCUT2D eigenvalue weighted by atomic mass is 32.2. The summed E-state index contributed by atoms with van der Waals surface area (Å²) < 4.78 is 45.7. The number of ether oxygens (including phenoxy) is 3. The molecule has 1 unspecified atom stereocenters. The number of pyridine rings is 1. The topological polar surface area (TPSA) is 104 Å². The number of sulfonamides is 1. The lowest BCUT2D eigenvalue weighted by Crippen LogP contribution is -2.58. The van der Waals surface area contributed by atoms with E-state index in [4.69, 9.17) is 24.9 Å². The minimum atomic E-state index is -3.53. The molecule has 0 bridgehead atoms. The highest BCUT2D eigenvalue weighted by molar-refractivity contribution is 7.89. The molecule has 2 saturated heterocycles. The van der Waals surface area contributed by atoms with Crippen LogP contribution in [0.2, 0.25) is 0 Å². The van der Waals surface area contributed by atoms with E-state index in [0.717, 1.165) is 17.8 Å². The average molecular weight is 528 g/mol. The third-order valence-electron chi connectivity index (χ3n) is 7.45. The first-order chi connectivity index (χ1) is 18.0. The maximum Gasteiger partial charge on any atom is 0.262 e. The number of quaternary nitrogens is 1. The third kappa shape index (κ3) is 5.17. The van der Waals surface area contributed by atoms with E-state index in [2.05, 4.69) is 18.4 Å². The van der Waals surface area contributed by atoms with Gasteiger partial charge < -0.3 is 19.9 Å². The summed E-state index contributed by atoms with van der Waals surface area (Å²) in [6.07, 6.45) is 8.50. The molecule has 198 valence electrons. The predicted molar refractivity (Wildman–Crippen MR) is 142 cm³/mol. The Bertz CT molecular complexity index is 1250. The van der Waals surface area contributed by atoms with Gasteiger partial charge in [-0.15, -0.1) is 0 Å². The Morgan fingerprint density at radius 1 is 1.14 bits per heavy atom. The summed E-state index contributed by atoms with van der Waals surface area (Å²) in [4.78, 5) is 5.31. The van der Waals surface area contributed by atoms with Crippen LogP contribution < -0.4 is 19.7 Å². The van der Waals surface area contributed by atoms with Crippen molar-refractivity contribution >= 4 is 15.8 Å². The molecule has 2 aromatic rings. The lowest BCUT2D eigenvalue weighted by atomic mass is 9.99. The van der Waals surface area contributed by atoms with Crippen molar-refractivity contribution in [1.29, 1.82) is 0 Å². The summed E-state index contributed by atoms with van der Waals surface area (Å²) in [5.41, 5.74) is 7.09. The van der Waals surface area contributed by atoms with Crippen molar-refractivity contribution in [2.45, 2.75) is 36.3 Å². The molecule has 0 aliphatic carbocycles. The van der Waals surface area contributed by atoms with Crippen LogP contribution >= 0.6 is 0 Å². The monoisotopic (exact) mass is 527 g/mol. The van der Waals surface area contributed by atoms with E-state index in [1.165, 1.54) is 0 Å². The molecular formula is C27H35N4O5S+. The highest BCUT2D eigenvalue weighted by Crippen LogP contribution is 2.38. The Balaban J connectivity index is 1.45. The fraction of sp³-hybridized carbons (Fsp3) is 0.444. The summed E-state index contributed by atoms with van der Waals surface area (Å²) >= 11 is 0. The quantitative estimate of drug-likeness (QED) is 0.527. The molecule has 1 aromatic carbocycles. The number of benzene rings is 1. The lowest BCUT2D eigenvalue weighted by Gasteiger charge is -2.44. The maximum atomic E-state index is 13.2. The Morgan fingerprint density at radius 2 is 1.92 bits per heavy atom. The molecule has 3 aliphatic rings. The first kappa shape index (κ1) is 25.9. The van der Waals surface area contributed by atoms with E-state index >= 15 is 0 Å². The molecule has 3 aliphatic heterocycles. The van der Waals surface area contributed by atoms with Crippen molar-refractivity contribution in [1.82, 2.24) is 13.8 Å². The van der Waals surface area contributed by atoms with Gasteiger partial charge in [-0.1, -0.05) is 24.3 Å². The molecule has 0 saturated carbocycles. The minimum absolute atomic E-state index is 0.0621. The Labute approximate surface area is 218 Å². The number of piperidine rings is 1. The van der Waals surface area contributed by atoms with Crippen LogP contribution in [0.3, 0.4) is 0 Å². The Kier molecular flexibility index (Phi) is 7.64. The van der Waals surface area contributed by atoms with Crippen LogP contribution in [0, 0.1) is 0 Å². The van der Waals surface area contributed by atoms with Crippen LogP contribution in [0.1, 0.15) is 19.3 Å². The second-order valence-electron chi connectivity index (χ2n) is 9.65. The second kappa shape index (κ2) is 10.9. The van der Waals surface area contributed by atoms with E-state index in [0.29, 0.717) is 73.2 Å². The van der Waals surface area contributed by atoms with Gasteiger partial charge in [0.05, 0.1) is 25.2 Å². The van der Waals surface area contributed by atoms with E-state index < -0.39 is 10.0 Å². The van der Waals surface area contributed by atoms with Gasteiger partial charge in [0.1, 0.15) is 24.9 Å². The molecule has 5 rings (SSSR count). The van der Waals surface area contributed by atoms with Crippen LogP contribution in [-0.4, -0.2) is 76.4 Å². The van der Waals surface area contributed by atoms with E-state index in [1.807, 2.05) is 18.2 Å². The van der Waals surface area contributed by atoms with Crippen LogP contribution in [0.15, 0.2) is 71.3 Å². The zero-order valence-electron chi connectivity index (χ0n) is 21.2. The second-order valence-corrected chi connectivity index (χ2v) is 11.6. The first-order valence-electron chi connectivity index (χ1n) is 12.8. The van der Waals surface area contributed by atoms with Crippen LogP contribution in [0.5, 0.6) is 11.6 Å². The van der Waals surface area contributed by atoms with E-state index in [1.54, 1.807) is 35.7 Å². The van der Waals surface area contributed by atoms with Crippen molar-refractivity contribution in [2.75, 3.05) is 46.5 Å². The number of hydrogen-bond donors (Lipinski definition) is 1. The fourth-order valence-corrected chi connectivity index (χ4v) is 6.92. The molecule has 0 spiro atoms. The predicted octanol–water partition coefficient (Wildman–Crippen LogP) is 2.83. The maximum absolute atomic E-state index is 13.2. The molecule has 10 heteroatoms. The molecule has 2 atom stereocenters. The van der Waals surface area contributed by atoms with Crippen LogP contribution in [-0.2, 0) is 14.8 Å². The third-order valence-corrected chi connectivity index (χ3v) is 9.36. The van der Waals surface area contributed by atoms with Gasteiger partial charge in [0.15, 0.2) is 5.75 Å². The first-order valence-corrected chi connectivity index (χ1v) is 14.2. The van der Waals surface area contributed by atoms with Gasteiger partial charge in [-0.2, -0.15) is 9.29 Å². The Hall–Kier alpha value is -2.76. The van der Waals surface area contributed by atoms with Crippen molar-refractivity contribution in [2.24, 2.45) is 5.73 Å². The number of aromatic nitrogens is 1. The van der Waals surface area contributed by atoms with Crippen molar-refractivity contribution < 1.29 is 22.6 Å². The average Bonchev–Trinajstić information content (AvgIpc) is 3.46. The SMILES string of the molecule is COc1ccc([N+]2(C3CCN(S(=O)(=O)c4ccccc4)CC3)C=C(CN)C=CC2)nc1O[C@@H]1CCOC1. The highest BCUT2D eigenvalue weighted by Gasteiger charge is 2.44. The number of nitrogens with zero attached hydrogens (tertiary/aromatic N) is 3. The summed E-state index contributed by atoms with van der Waals surface area (Å²) in [7, 11) is -1.92. The molecule has 2 N–H and O–H groups in total. The van der Waals surface area contributed by atoms with Gasteiger partial charge in [0.2, 0.25) is 15.8 Å². The van der Waals surface area contributed by atoms with E-state index in [9.17, 15) is 8.42 Å². The smallest absolute Gasteiger partial charge is 0.262 e. The summed E-state index contributed by atoms with van der Waals surface area (Å²) in [5.74, 6) is 1.86. The summed E-state index contributed by atoms with van der Waals surface area (Å²) in [6, 6.07) is 12.6. The zero-order valence-corrected chi connectivity index (χ0v) is 22.0. The standard InChI is InChI=1S/C27H35N4O5S/c1-34-25-9-10-26(29-27(25)36-23-13-17-35-20-23)31(16-5-6-21(18-28)19-31)22-11-14-30(15-12-22)37(32,33)24-7-3-2-4-8-24/h2-10,19,22-23H,11-18,20,28H2,1H3/q+1/t23-,31?/m1/s1. The lowest BCUT2D eigenvalue weighted by molar-refractivity contribution is 0.134. The molecule has 1 aromatic heterocycles.